The maximum absolute atomic E-state index is 12.4. The zero-order valence-corrected chi connectivity index (χ0v) is 14.4. The number of rotatable bonds is 6. The van der Waals surface area contributed by atoms with Gasteiger partial charge >= 0.3 is 5.76 Å². The zero-order chi connectivity index (χ0) is 16.9. The number of carbonyl (C=O) groups excluding carboxylic acids is 1. The highest BCUT2D eigenvalue weighted by Crippen LogP contribution is 2.18. The molecule has 2 N–H and O–H groups in total. The molecule has 134 valence electrons. The van der Waals surface area contributed by atoms with Crippen molar-refractivity contribution in [3.8, 4) is 0 Å². The molecule has 1 heterocycles. The van der Waals surface area contributed by atoms with Crippen LogP contribution in [0.4, 0.5) is 8.78 Å². The fourth-order valence-corrected chi connectivity index (χ4v) is 2.91. The van der Waals surface area contributed by atoms with Gasteiger partial charge < -0.3 is 10.6 Å². The zero-order valence-electron chi connectivity index (χ0n) is 12.8. The summed E-state index contributed by atoms with van der Waals surface area (Å²) in [5.74, 6) is -3.65. The number of hydrogen-bond donors (Lipinski definition) is 2. The van der Waals surface area contributed by atoms with Gasteiger partial charge in [0.2, 0.25) is 15.7 Å². The molecule has 9 heteroatoms. The standard InChI is InChI=1S/C15H18F2N2O3S.ClH/c16-15(17)23(21,22)13-3-1-11(2-4-13)9-14(20)19-10-12-5-7-18-8-6-12;/h1-5,15,18H,6-10H2,(H,19,20);1H. The molecule has 1 aliphatic heterocycles. The molecular formula is C15H19ClF2N2O3S. The maximum atomic E-state index is 12.4. The minimum Gasteiger partial charge on any atom is -0.352 e. The number of alkyl halides is 2. The van der Waals surface area contributed by atoms with Crippen LogP contribution >= 0.6 is 12.4 Å². The lowest BCUT2D eigenvalue weighted by molar-refractivity contribution is -0.120. The van der Waals surface area contributed by atoms with Crippen LogP contribution in [-0.2, 0) is 21.1 Å². The molecule has 1 amide bonds. The van der Waals surface area contributed by atoms with Gasteiger partial charge in [-0.15, -0.1) is 12.4 Å². The van der Waals surface area contributed by atoms with Crippen molar-refractivity contribution in [2.75, 3.05) is 19.6 Å². The lowest BCUT2D eigenvalue weighted by Gasteiger charge is -2.14. The fraction of sp³-hybridized carbons (Fsp3) is 0.400. The molecule has 0 saturated carbocycles. The Balaban J connectivity index is 0.00000288. The molecule has 1 aliphatic rings. The van der Waals surface area contributed by atoms with Gasteiger partial charge in [0.05, 0.1) is 11.3 Å². The van der Waals surface area contributed by atoms with Crippen molar-refractivity contribution in [2.24, 2.45) is 0 Å². The van der Waals surface area contributed by atoms with Gasteiger partial charge in [-0.05, 0) is 30.7 Å². The van der Waals surface area contributed by atoms with E-state index in [1.165, 1.54) is 12.1 Å². The molecule has 0 spiro atoms. The topological polar surface area (TPSA) is 75.3 Å². The number of hydrogen-bond acceptors (Lipinski definition) is 4. The van der Waals surface area contributed by atoms with Crippen LogP contribution in [-0.4, -0.2) is 39.7 Å². The maximum Gasteiger partial charge on any atom is 0.341 e. The van der Waals surface area contributed by atoms with Crippen LogP contribution in [0, 0.1) is 0 Å². The van der Waals surface area contributed by atoms with Gasteiger partial charge in [-0.1, -0.05) is 23.8 Å². The Morgan fingerprint density at radius 1 is 1.25 bits per heavy atom. The summed E-state index contributed by atoms with van der Waals surface area (Å²) in [5, 5.41) is 5.97. The largest absolute Gasteiger partial charge is 0.352 e. The van der Waals surface area contributed by atoms with Crippen LogP contribution < -0.4 is 10.6 Å². The van der Waals surface area contributed by atoms with E-state index in [0.29, 0.717) is 12.1 Å². The summed E-state index contributed by atoms with van der Waals surface area (Å²) in [6, 6.07) is 4.94. The van der Waals surface area contributed by atoms with Crippen LogP contribution in [0.15, 0.2) is 40.8 Å². The molecule has 2 rings (SSSR count). The Kier molecular flexibility index (Phi) is 7.78. The van der Waals surface area contributed by atoms with Crippen LogP contribution in [0.1, 0.15) is 12.0 Å². The Hall–Kier alpha value is -1.51. The second kappa shape index (κ2) is 9.10. The van der Waals surface area contributed by atoms with E-state index in [4.69, 9.17) is 0 Å². The number of amides is 1. The lowest BCUT2D eigenvalue weighted by Crippen LogP contribution is -2.30. The van der Waals surface area contributed by atoms with Crippen molar-refractivity contribution in [3.05, 3.63) is 41.5 Å². The molecule has 0 aromatic heterocycles. The summed E-state index contributed by atoms with van der Waals surface area (Å²) < 4.78 is 47.5. The van der Waals surface area contributed by atoms with Crippen LogP contribution in [0.5, 0.6) is 0 Å². The summed E-state index contributed by atoms with van der Waals surface area (Å²) in [5.41, 5.74) is 1.73. The molecule has 0 bridgehead atoms. The first kappa shape index (κ1) is 20.5. The highest BCUT2D eigenvalue weighted by molar-refractivity contribution is 7.91. The second-order valence-corrected chi connectivity index (χ2v) is 7.14. The SMILES string of the molecule is Cl.O=C(Cc1ccc(S(=O)(=O)C(F)F)cc1)NCC1=CCNCC1. The molecule has 0 radical (unpaired) electrons. The summed E-state index contributed by atoms with van der Waals surface area (Å²) in [6.07, 6.45) is 2.99. The van der Waals surface area contributed by atoms with Gasteiger partial charge in [0.1, 0.15) is 0 Å². The first-order chi connectivity index (χ1) is 10.9. The average Bonchev–Trinajstić information content (AvgIpc) is 2.54. The predicted octanol–water partition coefficient (Wildman–Crippen LogP) is 1.68. The Bertz CT molecular complexity index is 691. The van der Waals surface area contributed by atoms with E-state index in [1.807, 2.05) is 6.08 Å². The molecule has 0 atom stereocenters. The van der Waals surface area contributed by atoms with E-state index in [9.17, 15) is 22.0 Å². The highest BCUT2D eigenvalue weighted by Gasteiger charge is 2.26. The van der Waals surface area contributed by atoms with E-state index >= 15 is 0 Å². The first-order valence-corrected chi connectivity index (χ1v) is 8.70. The van der Waals surface area contributed by atoms with Crippen LogP contribution in [0.2, 0.25) is 0 Å². The molecule has 24 heavy (non-hydrogen) atoms. The van der Waals surface area contributed by atoms with Crippen LogP contribution in [0.25, 0.3) is 0 Å². The van der Waals surface area contributed by atoms with Gasteiger partial charge in [0, 0.05) is 13.1 Å². The summed E-state index contributed by atoms with van der Waals surface area (Å²) in [6.45, 7) is 2.17. The minimum atomic E-state index is -4.59. The first-order valence-electron chi connectivity index (χ1n) is 7.16. The van der Waals surface area contributed by atoms with E-state index in [-0.39, 0.29) is 24.7 Å². The summed E-state index contributed by atoms with van der Waals surface area (Å²) in [7, 11) is -4.59. The monoisotopic (exact) mass is 380 g/mol. The smallest absolute Gasteiger partial charge is 0.341 e. The molecule has 1 aromatic rings. The third-order valence-corrected chi connectivity index (χ3v) is 4.92. The molecular weight excluding hydrogens is 362 g/mol. The third kappa shape index (κ3) is 5.54. The van der Waals surface area contributed by atoms with E-state index in [2.05, 4.69) is 10.6 Å². The second-order valence-electron chi connectivity index (χ2n) is 5.22. The van der Waals surface area contributed by atoms with Crippen molar-refractivity contribution in [1.82, 2.24) is 10.6 Å². The minimum absolute atomic E-state index is 0. The number of sulfone groups is 1. The normalized spacial score (nSPS) is 14.7. The van der Waals surface area contributed by atoms with Crippen molar-refractivity contribution in [3.63, 3.8) is 0 Å². The van der Waals surface area contributed by atoms with Gasteiger partial charge in [-0.3, -0.25) is 4.79 Å². The average molecular weight is 381 g/mol. The highest BCUT2D eigenvalue weighted by atomic mass is 35.5. The molecule has 0 aliphatic carbocycles. The quantitative estimate of drug-likeness (QED) is 0.736. The lowest BCUT2D eigenvalue weighted by atomic mass is 10.1. The number of benzene rings is 1. The summed E-state index contributed by atoms with van der Waals surface area (Å²) in [4.78, 5) is 11.4. The number of nitrogens with one attached hydrogen (secondary N) is 2. The van der Waals surface area contributed by atoms with Crippen molar-refractivity contribution >= 4 is 28.2 Å². The fourth-order valence-electron chi connectivity index (χ4n) is 2.19. The Labute approximate surface area is 145 Å². The number of carbonyl (C=O) groups is 1. The van der Waals surface area contributed by atoms with Gasteiger partial charge in [-0.2, -0.15) is 8.78 Å². The Morgan fingerprint density at radius 3 is 2.46 bits per heavy atom. The Morgan fingerprint density at radius 2 is 1.92 bits per heavy atom. The van der Waals surface area contributed by atoms with Crippen molar-refractivity contribution in [2.45, 2.75) is 23.5 Å². The predicted molar refractivity (Wildman–Crippen MR) is 89.2 cm³/mol. The molecule has 0 fully saturated rings. The van der Waals surface area contributed by atoms with E-state index in [1.54, 1.807) is 0 Å². The van der Waals surface area contributed by atoms with Crippen molar-refractivity contribution in [1.29, 1.82) is 0 Å². The summed E-state index contributed by atoms with van der Waals surface area (Å²) >= 11 is 0. The van der Waals surface area contributed by atoms with Crippen molar-refractivity contribution < 1.29 is 22.0 Å². The van der Waals surface area contributed by atoms with E-state index < -0.39 is 20.5 Å². The van der Waals surface area contributed by atoms with Crippen LogP contribution in [0.3, 0.4) is 0 Å². The van der Waals surface area contributed by atoms with Gasteiger partial charge in [-0.25, -0.2) is 8.42 Å². The third-order valence-electron chi connectivity index (χ3n) is 3.52. The molecule has 0 saturated heterocycles. The number of halogens is 3. The molecule has 1 aromatic carbocycles. The van der Waals surface area contributed by atoms with E-state index in [0.717, 1.165) is 37.2 Å². The van der Waals surface area contributed by atoms with Gasteiger partial charge in [0.25, 0.3) is 0 Å². The molecule has 0 unspecified atom stereocenters. The molecule has 5 nitrogen and oxygen atoms in total. The van der Waals surface area contributed by atoms with Gasteiger partial charge in [0.15, 0.2) is 0 Å².